The number of ether oxygens (including phenoxy) is 1. The van der Waals surface area contributed by atoms with Gasteiger partial charge in [0.25, 0.3) is 0 Å². The number of esters is 1. The second-order valence-corrected chi connectivity index (χ2v) is 7.52. The molecule has 2 heterocycles. The van der Waals surface area contributed by atoms with E-state index in [1.807, 2.05) is 37.3 Å². The van der Waals surface area contributed by atoms with Gasteiger partial charge in [0.2, 0.25) is 5.70 Å². The molecule has 0 radical (unpaired) electrons. The highest BCUT2D eigenvalue weighted by atomic mass is 16.5. The average Bonchev–Trinajstić information content (AvgIpc) is 3.10. The van der Waals surface area contributed by atoms with Crippen molar-refractivity contribution in [1.29, 1.82) is 0 Å². The summed E-state index contributed by atoms with van der Waals surface area (Å²) in [5.41, 5.74) is 4.07. The first kappa shape index (κ1) is 21.0. The molecule has 154 valence electrons. The van der Waals surface area contributed by atoms with Crippen molar-refractivity contribution in [2.45, 2.75) is 39.2 Å². The second kappa shape index (κ2) is 8.35. The van der Waals surface area contributed by atoms with E-state index in [0.717, 1.165) is 34.2 Å². The van der Waals surface area contributed by atoms with Crippen LogP contribution < -0.4 is 0 Å². The number of nitrogens with zero attached hydrogens (tertiary/aromatic N) is 1. The number of fused-ring (bicyclic) bond motifs is 1. The molecule has 1 saturated heterocycles. The number of hydrogen-bond acceptors (Lipinski definition) is 4. The third-order valence-corrected chi connectivity index (χ3v) is 6.14. The lowest BCUT2D eigenvalue weighted by atomic mass is 9.88. The lowest BCUT2D eigenvalue weighted by molar-refractivity contribution is -0.844. The standard InChI is InChI=1S/C23H29N2O4/c1-5-17-10-11-21(25(14-17,16(3)27)15(2)23(28)29-4)22-19(12-13-26)18-8-6-7-9-20(18)24-22/h5-9,21,24,26H,2,10-14H2,1,3-4H3/q+1/b17-5-. The summed E-state index contributed by atoms with van der Waals surface area (Å²) in [4.78, 5) is 29.1. The molecule has 1 aromatic carbocycles. The molecule has 1 amide bonds. The Bertz CT molecular complexity index is 988. The predicted molar refractivity (Wildman–Crippen MR) is 112 cm³/mol. The molecule has 0 bridgehead atoms. The van der Waals surface area contributed by atoms with E-state index >= 15 is 0 Å². The van der Waals surface area contributed by atoms with Gasteiger partial charge in [-0.3, -0.25) is 0 Å². The van der Waals surface area contributed by atoms with Crippen molar-refractivity contribution >= 4 is 22.8 Å². The summed E-state index contributed by atoms with van der Waals surface area (Å²) in [5.74, 6) is -0.736. The smallest absolute Gasteiger partial charge is 0.392 e. The molecule has 0 aliphatic carbocycles. The fourth-order valence-electron chi connectivity index (χ4n) is 4.62. The molecule has 6 nitrogen and oxygen atoms in total. The van der Waals surface area contributed by atoms with Gasteiger partial charge in [0.05, 0.1) is 19.7 Å². The van der Waals surface area contributed by atoms with Gasteiger partial charge in [-0.25, -0.2) is 14.1 Å². The monoisotopic (exact) mass is 397 g/mol. The number of carbonyl (C=O) groups excluding carboxylic acids is 2. The van der Waals surface area contributed by atoms with Crippen molar-refractivity contribution in [2.75, 3.05) is 20.3 Å². The maximum atomic E-state index is 13.1. The number of nitrogens with one attached hydrogen (secondary N) is 1. The van der Waals surface area contributed by atoms with Crippen LogP contribution in [-0.2, 0) is 20.7 Å². The highest BCUT2D eigenvalue weighted by Gasteiger charge is 2.52. The fourth-order valence-corrected chi connectivity index (χ4v) is 4.62. The number of carbonyl (C=O) groups is 2. The summed E-state index contributed by atoms with van der Waals surface area (Å²) in [7, 11) is 1.31. The molecule has 0 spiro atoms. The Morgan fingerprint density at radius 3 is 2.72 bits per heavy atom. The first-order valence-corrected chi connectivity index (χ1v) is 9.91. The van der Waals surface area contributed by atoms with Crippen molar-refractivity contribution in [1.82, 2.24) is 4.98 Å². The number of aliphatic hydroxyl groups excluding tert-OH is 1. The maximum absolute atomic E-state index is 13.1. The van der Waals surface area contributed by atoms with Crippen LogP contribution in [0.4, 0.5) is 0 Å². The number of amides is 1. The van der Waals surface area contributed by atoms with E-state index < -0.39 is 5.97 Å². The van der Waals surface area contributed by atoms with Crippen LogP contribution in [0.15, 0.2) is 48.2 Å². The zero-order valence-electron chi connectivity index (χ0n) is 17.3. The van der Waals surface area contributed by atoms with Crippen LogP contribution in [0.3, 0.4) is 0 Å². The number of H-pyrrole nitrogens is 1. The van der Waals surface area contributed by atoms with E-state index in [2.05, 4.69) is 11.6 Å². The maximum Gasteiger partial charge on any atom is 0.392 e. The van der Waals surface area contributed by atoms with E-state index in [-0.39, 0.29) is 28.7 Å². The van der Waals surface area contributed by atoms with Gasteiger partial charge in [-0.1, -0.05) is 24.3 Å². The number of allylic oxidation sites excluding steroid dienone is 1. The van der Waals surface area contributed by atoms with E-state index in [1.54, 1.807) is 0 Å². The fraction of sp³-hybridized carbons (Fsp3) is 0.391. The van der Waals surface area contributed by atoms with E-state index in [1.165, 1.54) is 14.0 Å². The molecule has 0 saturated carbocycles. The van der Waals surface area contributed by atoms with Crippen molar-refractivity contribution in [3.05, 3.63) is 59.4 Å². The molecule has 1 aliphatic heterocycles. The molecule has 6 heteroatoms. The largest absolute Gasteiger partial charge is 0.462 e. The van der Waals surface area contributed by atoms with Crippen LogP contribution in [0.2, 0.25) is 0 Å². The van der Waals surface area contributed by atoms with Gasteiger partial charge in [-0.15, -0.1) is 0 Å². The number of rotatable bonds is 5. The highest BCUT2D eigenvalue weighted by molar-refractivity contribution is 5.89. The van der Waals surface area contributed by atoms with Gasteiger partial charge < -0.3 is 14.8 Å². The zero-order valence-corrected chi connectivity index (χ0v) is 17.3. The number of likely N-dealkylation sites (tertiary alicyclic amines) is 1. The minimum atomic E-state index is -0.581. The summed E-state index contributed by atoms with van der Waals surface area (Å²) in [6, 6.07) is 7.59. The van der Waals surface area contributed by atoms with Crippen LogP contribution >= 0.6 is 0 Å². The number of hydrogen-bond donors (Lipinski definition) is 2. The number of aromatic nitrogens is 1. The van der Waals surface area contributed by atoms with Crippen molar-refractivity contribution in [3.8, 4) is 0 Å². The molecular weight excluding hydrogens is 368 g/mol. The normalized spacial score (nSPS) is 23.3. The lowest BCUT2D eigenvalue weighted by Crippen LogP contribution is -2.57. The average molecular weight is 397 g/mol. The summed E-state index contributed by atoms with van der Waals surface area (Å²) in [6.45, 7) is 7.85. The Morgan fingerprint density at radius 2 is 2.10 bits per heavy atom. The van der Waals surface area contributed by atoms with Crippen molar-refractivity contribution < 1.29 is 23.9 Å². The number of quaternary nitrogens is 1. The second-order valence-electron chi connectivity index (χ2n) is 7.52. The molecule has 3 rings (SSSR count). The van der Waals surface area contributed by atoms with Crippen molar-refractivity contribution in [3.63, 3.8) is 0 Å². The Hall–Kier alpha value is -2.70. The van der Waals surface area contributed by atoms with E-state index in [9.17, 15) is 14.7 Å². The minimum absolute atomic E-state index is 0.000298. The summed E-state index contributed by atoms with van der Waals surface area (Å²) < 4.78 is 4.76. The summed E-state index contributed by atoms with van der Waals surface area (Å²) in [6.07, 6.45) is 3.99. The molecular formula is C23H29N2O4+. The predicted octanol–water partition coefficient (Wildman–Crippen LogP) is 3.53. The number of methoxy groups -OCH3 is 1. The molecule has 2 atom stereocenters. The molecule has 1 aliphatic rings. The first-order valence-electron chi connectivity index (χ1n) is 9.91. The van der Waals surface area contributed by atoms with Gasteiger partial charge in [-0.2, -0.15) is 0 Å². The molecule has 1 aromatic heterocycles. The lowest BCUT2D eigenvalue weighted by Gasteiger charge is -2.45. The Kier molecular flexibility index (Phi) is 6.05. The summed E-state index contributed by atoms with van der Waals surface area (Å²) in [5, 5.41) is 10.7. The van der Waals surface area contributed by atoms with Crippen LogP contribution in [0.25, 0.3) is 10.9 Å². The molecule has 29 heavy (non-hydrogen) atoms. The number of benzene rings is 1. The van der Waals surface area contributed by atoms with E-state index in [4.69, 9.17) is 4.74 Å². The van der Waals surface area contributed by atoms with Gasteiger partial charge >= 0.3 is 11.9 Å². The third kappa shape index (κ3) is 3.43. The van der Waals surface area contributed by atoms with E-state index in [0.29, 0.717) is 19.4 Å². The van der Waals surface area contributed by atoms with Crippen LogP contribution in [-0.4, -0.2) is 46.7 Å². The quantitative estimate of drug-likeness (QED) is 0.350. The number of aromatic amines is 1. The topological polar surface area (TPSA) is 79.4 Å². The van der Waals surface area contributed by atoms with Gasteiger partial charge in [0, 0.05) is 23.9 Å². The van der Waals surface area contributed by atoms with Gasteiger partial charge in [0.15, 0.2) is 0 Å². The van der Waals surface area contributed by atoms with Gasteiger partial charge in [0.1, 0.15) is 12.6 Å². The van der Waals surface area contributed by atoms with Crippen LogP contribution in [0.1, 0.15) is 44.0 Å². The Balaban J connectivity index is 2.26. The molecule has 1 fully saturated rings. The van der Waals surface area contributed by atoms with Gasteiger partial charge in [-0.05, 0) is 43.5 Å². The Labute approximate surface area is 171 Å². The SMILES string of the molecule is C=C(C(=O)OC)[N+]1(C(C)=O)C/C(=C\C)CCC1c1[nH]c2ccccc2c1CCO. The van der Waals surface area contributed by atoms with Crippen LogP contribution in [0, 0.1) is 0 Å². The third-order valence-electron chi connectivity index (χ3n) is 6.14. The highest BCUT2D eigenvalue weighted by Crippen LogP contribution is 2.45. The first-order chi connectivity index (χ1) is 13.9. The molecule has 2 aromatic rings. The summed E-state index contributed by atoms with van der Waals surface area (Å²) >= 11 is 0. The zero-order chi connectivity index (χ0) is 21.2. The number of para-hydroxylation sites is 1. The number of piperidine rings is 1. The van der Waals surface area contributed by atoms with Crippen molar-refractivity contribution in [2.24, 2.45) is 0 Å². The Morgan fingerprint density at radius 1 is 1.38 bits per heavy atom. The van der Waals surface area contributed by atoms with Crippen LogP contribution in [0.5, 0.6) is 0 Å². The molecule has 2 unspecified atom stereocenters. The number of aliphatic hydroxyl groups is 1. The molecule has 2 N–H and O–H groups in total. The minimum Gasteiger partial charge on any atom is -0.462 e.